The van der Waals surface area contributed by atoms with Crippen LogP contribution in [-0.2, 0) is 0 Å². The van der Waals surface area contributed by atoms with Crippen LogP contribution in [0.5, 0.6) is 0 Å². The molecule has 1 nitrogen and oxygen atoms in total. The monoisotopic (exact) mass is 281 g/mol. The van der Waals surface area contributed by atoms with Crippen molar-refractivity contribution < 1.29 is 0 Å². The second kappa shape index (κ2) is 6.36. The normalized spacial score (nSPS) is 30.1. The number of benzene rings is 1. The number of rotatable bonds is 3. The fourth-order valence-corrected chi connectivity index (χ4v) is 5.61. The fourth-order valence-electron chi connectivity index (χ4n) is 2.46. The van der Waals surface area contributed by atoms with Gasteiger partial charge in [-0.1, -0.05) is 38.1 Å². The van der Waals surface area contributed by atoms with E-state index in [0.717, 1.165) is 10.5 Å². The summed E-state index contributed by atoms with van der Waals surface area (Å²) in [6.07, 6.45) is 0. The summed E-state index contributed by atoms with van der Waals surface area (Å²) in [5.74, 6) is 1.25. The highest BCUT2D eigenvalue weighted by Gasteiger charge is 2.31. The molecule has 4 atom stereocenters. The van der Waals surface area contributed by atoms with Gasteiger partial charge in [0.25, 0.3) is 0 Å². The van der Waals surface area contributed by atoms with E-state index in [4.69, 9.17) is 0 Å². The zero-order valence-electron chi connectivity index (χ0n) is 11.6. The van der Waals surface area contributed by atoms with Gasteiger partial charge >= 0.3 is 0 Å². The molecule has 0 radical (unpaired) electrons. The Bertz CT molecular complexity index is 394. The topological polar surface area (TPSA) is 12.0 Å². The molecule has 0 bridgehead atoms. The summed E-state index contributed by atoms with van der Waals surface area (Å²) in [7, 11) is 2.09. The second-order valence-corrected chi connectivity index (χ2v) is 8.07. The molecule has 3 heteroatoms. The van der Waals surface area contributed by atoms with E-state index in [1.165, 1.54) is 16.9 Å². The Kier molecular flexibility index (Phi) is 5.05. The van der Waals surface area contributed by atoms with E-state index in [1.54, 1.807) is 0 Å². The molecule has 0 aromatic heterocycles. The molecule has 4 unspecified atom stereocenters. The maximum atomic E-state index is 3.53. The van der Waals surface area contributed by atoms with Gasteiger partial charge in [0.2, 0.25) is 0 Å². The van der Waals surface area contributed by atoms with E-state index in [-0.39, 0.29) is 0 Å². The van der Waals surface area contributed by atoms with Crippen molar-refractivity contribution in [3.8, 4) is 0 Å². The molecular weight excluding hydrogens is 258 g/mol. The van der Waals surface area contributed by atoms with E-state index in [2.05, 4.69) is 80.9 Å². The predicted octanol–water partition coefficient (Wildman–Crippen LogP) is 3.88. The van der Waals surface area contributed by atoms with E-state index >= 15 is 0 Å². The van der Waals surface area contributed by atoms with Crippen LogP contribution in [0.15, 0.2) is 24.3 Å². The zero-order chi connectivity index (χ0) is 13.1. The first kappa shape index (κ1) is 14.3. The van der Waals surface area contributed by atoms with Gasteiger partial charge in [-0.25, -0.2) is 0 Å². The van der Waals surface area contributed by atoms with Gasteiger partial charge in [-0.2, -0.15) is 23.5 Å². The number of hydrogen-bond donors (Lipinski definition) is 1. The van der Waals surface area contributed by atoms with Gasteiger partial charge < -0.3 is 5.32 Å². The molecule has 1 N–H and O–H groups in total. The smallest absolute Gasteiger partial charge is 0.0448 e. The summed E-state index contributed by atoms with van der Waals surface area (Å²) in [5.41, 5.74) is 2.86. The molecule has 1 saturated heterocycles. The van der Waals surface area contributed by atoms with Gasteiger partial charge in [0.15, 0.2) is 0 Å². The summed E-state index contributed by atoms with van der Waals surface area (Å²) < 4.78 is 0. The minimum absolute atomic E-state index is 0.471. The Morgan fingerprint density at radius 3 is 2.56 bits per heavy atom. The number of thioether (sulfide) groups is 2. The third-order valence-electron chi connectivity index (χ3n) is 3.78. The Balaban J connectivity index is 2.17. The first-order valence-electron chi connectivity index (χ1n) is 6.63. The molecule has 0 amide bonds. The fraction of sp³-hybridized carbons (Fsp3) is 0.600. The molecule has 1 aromatic carbocycles. The van der Waals surface area contributed by atoms with Crippen molar-refractivity contribution in [2.75, 3.05) is 12.8 Å². The number of aryl methyl sites for hydroxylation is 1. The van der Waals surface area contributed by atoms with Crippen LogP contribution >= 0.6 is 23.5 Å². The molecule has 1 aromatic rings. The summed E-state index contributed by atoms with van der Waals surface area (Å²) in [4.78, 5) is 0. The third kappa shape index (κ3) is 3.06. The third-order valence-corrected chi connectivity index (χ3v) is 7.28. The lowest BCUT2D eigenvalue weighted by molar-refractivity contribution is 0.585. The molecular formula is C15H23NS2. The van der Waals surface area contributed by atoms with Gasteiger partial charge in [-0.3, -0.25) is 0 Å². The molecule has 1 aliphatic rings. The quantitative estimate of drug-likeness (QED) is 0.903. The second-order valence-electron chi connectivity index (χ2n) is 5.04. The highest BCUT2D eigenvalue weighted by atomic mass is 32.2. The first-order valence-corrected chi connectivity index (χ1v) is 8.62. The Hall–Kier alpha value is -0.120. The SMILES string of the molecule is CNC(c1ccccc1C)C1CSC(C)C(C)S1. The minimum Gasteiger partial charge on any atom is -0.312 e. The van der Waals surface area contributed by atoms with Crippen LogP contribution in [0.2, 0.25) is 0 Å². The predicted molar refractivity (Wildman–Crippen MR) is 85.7 cm³/mol. The lowest BCUT2D eigenvalue weighted by atomic mass is 9.99. The van der Waals surface area contributed by atoms with Crippen LogP contribution in [-0.4, -0.2) is 28.6 Å². The van der Waals surface area contributed by atoms with E-state index < -0.39 is 0 Å². The van der Waals surface area contributed by atoms with Crippen LogP contribution in [0.4, 0.5) is 0 Å². The highest BCUT2D eigenvalue weighted by molar-refractivity contribution is 8.07. The molecule has 2 rings (SSSR count). The summed E-state index contributed by atoms with van der Waals surface area (Å²) in [5, 5.41) is 5.73. The molecule has 1 fully saturated rings. The van der Waals surface area contributed by atoms with Crippen LogP contribution in [0, 0.1) is 6.92 Å². The van der Waals surface area contributed by atoms with Crippen molar-refractivity contribution in [1.29, 1.82) is 0 Å². The van der Waals surface area contributed by atoms with Crippen LogP contribution < -0.4 is 5.32 Å². The minimum atomic E-state index is 0.471. The standard InChI is InChI=1S/C15H23NS2/c1-10-7-5-6-8-13(10)15(16-4)14-9-17-11(2)12(3)18-14/h5-8,11-12,14-16H,9H2,1-4H3. The highest BCUT2D eigenvalue weighted by Crippen LogP contribution is 2.41. The van der Waals surface area contributed by atoms with Gasteiger partial charge in [0, 0.05) is 27.5 Å². The summed E-state index contributed by atoms with van der Waals surface area (Å²) >= 11 is 4.26. The number of hydrogen-bond acceptors (Lipinski definition) is 3. The molecule has 1 heterocycles. The molecule has 100 valence electrons. The van der Waals surface area contributed by atoms with E-state index in [9.17, 15) is 0 Å². The lowest BCUT2D eigenvalue weighted by Crippen LogP contribution is -2.36. The van der Waals surface area contributed by atoms with Crippen LogP contribution in [0.1, 0.15) is 31.0 Å². The maximum Gasteiger partial charge on any atom is 0.0448 e. The van der Waals surface area contributed by atoms with Gasteiger partial charge in [-0.05, 0) is 25.1 Å². The van der Waals surface area contributed by atoms with E-state index in [0.29, 0.717) is 11.3 Å². The largest absolute Gasteiger partial charge is 0.312 e. The van der Waals surface area contributed by atoms with Crippen molar-refractivity contribution in [1.82, 2.24) is 5.32 Å². The van der Waals surface area contributed by atoms with Crippen molar-refractivity contribution in [3.05, 3.63) is 35.4 Å². The average molecular weight is 281 g/mol. The molecule has 0 saturated carbocycles. The lowest BCUT2D eigenvalue weighted by Gasteiger charge is -2.36. The molecule has 18 heavy (non-hydrogen) atoms. The first-order chi connectivity index (χ1) is 8.63. The van der Waals surface area contributed by atoms with Crippen molar-refractivity contribution in [3.63, 3.8) is 0 Å². The van der Waals surface area contributed by atoms with Gasteiger partial charge in [-0.15, -0.1) is 0 Å². The maximum absolute atomic E-state index is 3.53. The zero-order valence-corrected chi connectivity index (χ0v) is 13.3. The number of nitrogens with one attached hydrogen (secondary N) is 1. The van der Waals surface area contributed by atoms with Crippen molar-refractivity contribution in [2.45, 2.75) is 42.6 Å². The van der Waals surface area contributed by atoms with Crippen molar-refractivity contribution in [2.24, 2.45) is 0 Å². The Morgan fingerprint density at radius 2 is 1.94 bits per heavy atom. The molecule has 0 aliphatic carbocycles. The Labute approximate surface area is 120 Å². The van der Waals surface area contributed by atoms with Crippen LogP contribution in [0.25, 0.3) is 0 Å². The summed E-state index contributed by atoms with van der Waals surface area (Å²) in [6.45, 7) is 6.92. The summed E-state index contributed by atoms with van der Waals surface area (Å²) in [6, 6.07) is 9.23. The Morgan fingerprint density at radius 1 is 1.22 bits per heavy atom. The average Bonchev–Trinajstić information content (AvgIpc) is 2.37. The van der Waals surface area contributed by atoms with Crippen LogP contribution in [0.3, 0.4) is 0 Å². The van der Waals surface area contributed by atoms with Gasteiger partial charge in [0.1, 0.15) is 0 Å². The molecule has 0 spiro atoms. The van der Waals surface area contributed by atoms with Gasteiger partial charge in [0.05, 0.1) is 0 Å². The van der Waals surface area contributed by atoms with E-state index in [1.807, 2.05) is 0 Å². The molecule has 1 aliphatic heterocycles. The van der Waals surface area contributed by atoms with Crippen molar-refractivity contribution >= 4 is 23.5 Å².